The molecule has 2 aromatic rings. The number of hydrogen-bond acceptors (Lipinski definition) is 11. The number of aromatic nitrogens is 4. The summed E-state index contributed by atoms with van der Waals surface area (Å²) >= 11 is 7.03. The van der Waals surface area contributed by atoms with Crippen molar-refractivity contribution in [2.45, 2.75) is 39.3 Å². The predicted octanol–water partition coefficient (Wildman–Crippen LogP) is 2.66. The zero-order valence-corrected chi connectivity index (χ0v) is 23.0. The van der Waals surface area contributed by atoms with E-state index in [0.717, 1.165) is 11.8 Å². The van der Waals surface area contributed by atoms with E-state index in [1.165, 1.54) is 6.92 Å². The maximum Gasteiger partial charge on any atom is 0.406 e. The average Bonchev–Trinajstić information content (AvgIpc) is 3.47. The van der Waals surface area contributed by atoms with Gasteiger partial charge in [-0.15, -0.1) is 0 Å². The van der Waals surface area contributed by atoms with Crippen molar-refractivity contribution in [2.24, 2.45) is 11.3 Å². The minimum atomic E-state index is -4.03. The molecule has 16 heteroatoms. The van der Waals surface area contributed by atoms with Crippen molar-refractivity contribution >= 4 is 59.3 Å². The zero-order valence-electron chi connectivity index (χ0n) is 20.5. The lowest BCUT2D eigenvalue weighted by Crippen LogP contribution is -2.33. The topological polar surface area (TPSA) is 192 Å². The fourth-order valence-corrected chi connectivity index (χ4v) is 6.05. The Morgan fingerprint density at radius 2 is 2.11 bits per heavy atom. The van der Waals surface area contributed by atoms with Crippen molar-refractivity contribution in [3.05, 3.63) is 23.6 Å². The molecule has 37 heavy (non-hydrogen) atoms. The van der Waals surface area contributed by atoms with Gasteiger partial charge in [0.25, 0.3) is 0 Å². The first-order valence-electron chi connectivity index (χ1n) is 11.4. The fraction of sp³-hybridized carbons (Fsp3) is 0.571. The number of nitrogens with one attached hydrogen (secondary N) is 1. The molecule has 204 valence electrons. The van der Waals surface area contributed by atoms with Crippen LogP contribution >= 0.6 is 31.1 Å². The van der Waals surface area contributed by atoms with Crippen molar-refractivity contribution in [2.75, 3.05) is 31.3 Å². The molecule has 2 aromatic heterocycles. The van der Waals surface area contributed by atoms with Crippen LogP contribution in [0, 0.1) is 11.3 Å². The van der Waals surface area contributed by atoms with Gasteiger partial charge in [0.05, 0.1) is 37.6 Å². The summed E-state index contributed by atoms with van der Waals surface area (Å²) < 4.78 is 26.1. The highest BCUT2D eigenvalue weighted by molar-refractivity contribution is 8.13. The highest BCUT2D eigenvalue weighted by Crippen LogP contribution is 2.46. The molecule has 0 fully saturated rings. The van der Waals surface area contributed by atoms with Gasteiger partial charge < -0.3 is 20.5 Å². The zero-order chi connectivity index (χ0) is 27.4. The lowest BCUT2D eigenvalue weighted by Gasteiger charge is -2.23. The molecule has 0 spiro atoms. The number of nitrogens with two attached hydrogens (primary N) is 1. The van der Waals surface area contributed by atoms with Crippen LogP contribution in [0.1, 0.15) is 33.2 Å². The van der Waals surface area contributed by atoms with E-state index in [1.54, 1.807) is 24.7 Å². The lowest BCUT2D eigenvalue weighted by molar-refractivity contribution is -0.138. The van der Waals surface area contributed by atoms with E-state index in [-0.39, 0.29) is 53.7 Å². The number of nitrogens with zero attached hydrogens (tertiary/aromatic N) is 4. The molecule has 13 nitrogen and oxygen atoms in total. The van der Waals surface area contributed by atoms with Crippen molar-refractivity contribution in [3.8, 4) is 0 Å². The summed E-state index contributed by atoms with van der Waals surface area (Å²) in [5.74, 6) is -1.23. The van der Waals surface area contributed by atoms with Gasteiger partial charge in [-0.05, 0) is 27.2 Å². The Kier molecular flexibility index (Phi) is 9.73. The van der Waals surface area contributed by atoms with Crippen LogP contribution in [-0.4, -0.2) is 72.4 Å². The summed E-state index contributed by atoms with van der Waals surface area (Å²) in [5, 5.41) is 20.9. The van der Waals surface area contributed by atoms with Gasteiger partial charge in [-0.1, -0.05) is 35.5 Å². The molecular weight excluding hydrogens is 547 g/mol. The van der Waals surface area contributed by atoms with E-state index in [1.807, 2.05) is 12.2 Å². The number of thioether (sulfide) groups is 1. The monoisotopic (exact) mass is 576 g/mol. The summed E-state index contributed by atoms with van der Waals surface area (Å²) in [7, 11) is -4.03. The smallest absolute Gasteiger partial charge is 0.406 e. The van der Waals surface area contributed by atoms with E-state index in [2.05, 4.69) is 20.0 Å². The molecule has 0 radical (unpaired) electrons. The molecule has 3 rings (SSSR count). The first-order valence-corrected chi connectivity index (χ1v) is 14.3. The third-order valence-electron chi connectivity index (χ3n) is 5.61. The van der Waals surface area contributed by atoms with E-state index in [0.29, 0.717) is 17.6 Å². The summed E-state index contributed by atoms with van der Waals surface area (Å²) in [6.07, 6.45) is 5.96. The number of carboxylic acid groups (broad SMARTS) is 1. The third-order valence-corrected chi connectivity index (χ3v) is 8.77. The molecule has 0 saturated carbocycles. The van der Waals surface area contributed by atoms with E-state index < -0.39 is 25.2 Å². The average molecular weight is 577 g/mol. The number of nitrogen functional groups attached to an aromatic ring is 1. The molecule has 1 unspecified atom stereocenters. The number of carbonyl (C=O) groups excluding carboxylic acids is 1. The molecular formula is C21H30ClN6O7PS. The van der Waals surface area contributed by atoms with Crippen molar-refractivity contribution in [1.82, 2.24) is 24.6 Å². The fourth-order valence-electron chi connectivity index (χ4n) is 3.37. The molecule has 0 aliphatic heterocycles. The number of allylic oxidation sites excluding steroid dienone is 1. The minimum absolute atomic E-state index is 0.0161. The first kappa shape index (κ1) is 29.5. The third kappa shape index (κ3) is 7.50. The van der Waals surface area contributed by atoms with Crippen molar-refractivity contribution in [1.29, 1.82) is 0 Å². The number of carboxylic acids is 1. The molecule has 4 atom stereocenters. The number of aliphatic carboxylic acids is 1. The number of anilines is 1. The van der Waals surface area contributed by atoms with Crippen molar-refractivity contribution < 1.29 is 33.4 Å². The number of aliphatic hydroxyl groups is 1. The molecule has 0 saturated heterocycles. The summed E-state index contributed by atoms with van der Waals surface area (Å²) in [4.78, 5) is 35.8. The van der Waals surface area contributed by atoms with E-state index in [9.17, 15) is 24.4 Å². The Labute approximate surface area is 222 Å². The molecule has 2 heterocycles. The Bertz CT molecular complexity index is 1230. The Hall–Kier alpha value is -2.06. The second kappa shape index (κ2) is 12.2. The number of imidazole rings is 1. The molecule has 0 aromatic carbocycles. The molecule has 0 bridgehead atoms. The van der Waals surface area contributed by atoms with Crippen LogP contribution in [0.5, 0.6) is 0 Å². The summed E-state index contributed by atoms with van der Waals surface area (Å²) in [6, 6.07) is -1.35. The largest absolute Gasteiger partial charge is 0.480 e. The van der Waals surface area contributed by atoms with Crippen molar-refractivity contribution in [3.63, 3.8) is 0 Å². The Morgan fingerprint density at radius 1 is 1.38 bits per heavy atom. The van der Waals surface area contributed by atoms with E-state index in [4.69, 9.17) is 26.4 Å². The highest BCUT2D eigenvalue weighted by Gasteiger charge is 2.33. The second-order valence-corrected chi connectivity index (χ2v) is 12.3. The van der Waals surface area contributed by atoms with E-state index >= 15 is 0 Å². The van der Waals surface area contributed by atoms with Crippen LogP contribution < -0.4 is 10.8 Å². The number of carbonyl (C=O) groups is 2. The van der Waals surface area contributed by atoms with Gasteiger partial charge in [-0.3, -0.25) is 18.6 Å². The summed E-state index contributed by atoms with van der Waals surface area (Å²) in [6.45, 7) is 4.07. The van der Waals surface area contributed by atoms with Crippen LogP contribution in [-0.2, 0) is 23.2 Å². The van der Waals surface area contributed by atoms with Gasteiger partial charge in [-0.2, -0.15) is 9.97 Å². The number of fused-ring (bicyclic) bond motifs is 1. The molecule has 0 amide bonds. The standard InChI is InChI=1S/C21H30ClN6O7PS/c1-12(18(30)31)27-36(33,34-6-7-37-19(32)21(2,3)10-29)35-9-13-4-5-14(8-13)28-11-24-15-16(22)25-20(23)26-17(15)28/h4-5,11-14,29H,6-10H2,1-3H3,(H,27,33)(H,30,31)(H2,23,25,26)/t12-,13+,14-,36?/m0/s1. The van der Waals surface area contributed by atoms with Crippen LogP contribution in [0.25, 0.3) is 11.2 Å². The highest BCUT2D eigenvalue weighted by atomic mass is 35.5. The number of halogens is 1. The van der Waals surface area contributed by atoms with Crippen LogP contribution in [0.3, 0.4) is 0 Å². The maximum absolute atomic E-state index is 13.3. The number of aliphatic hydroxyl groups excluding tert-OH is 1. The minimum Gasteiger partial charge on any atom is -0.480 e. The Morgan fingerprint density at radius 3 is 2.78 bits per heavy atom. The van der Waals surface area contributed by atoms with Gasteiger partial charge in [-0.25, -0.2) is 14.6 Å². The van der Waals surface area contributed by atoms with Gasteiger partial charge in [0.2, 0.25) is 5.95 Å². The lowest BCUT2D eigenvalue weighted by atomic mass is 9.97. The molecule has 1 aliphatic carbocycles. The maximum atomic E-state index is 13.3. The summed E-state index contributed by atoms with van der Waals surface area (Å²) in [5.41, 5.74) is 5.70. The molecule has 5 N–H and O–H groups in total. The normalized spacial score (nSPS) is 20.2. The van der Waals surface area contributed by atoms with Crippen LogP contribution in [0.2, 0.25) is 5.15 Å². The quantitative estimate of drug-likeness (QED) is 0.118. The predicted molar refractivity (Wildman–Crippen MR) is 139 cm³/mol. The van der Waals surface area contributed by atoms with Gasteiger partial charge in [0.1, 0.15) is 11.6 Å². The Balaban J connectivity index is 1.60. The second-order valence-electron chi connectivity index (χ2n) is 9.14. The SMILES string of the molecule is C[C@H](NP(=O)(OCCSC(=O)C(C)(C)CO)OC[C@@H]1C=C[C@H](n2cnc3c(Cl)nc(N)nc32)C1)C(=O)O. The van der Waals surface area contributed by atoms with Gasteiger partial charge >= 0.3 is 13.7 Å². The van der Waals surface area contributed by atoms with Crippen LogP contribution in [0.4, 0.5) is 5.95 Å². The van der Waals surface area contributed by atoms with Gasteiger partial charge in [0.15, 0.2) is 15.9 Å². The first-order chi connectivity index (χ1) is 17.3. The van der Waals surface area contributed by atoms with Gasteiger partial charge in [0, 0.05) is 11.7 Å². The van der Waals surface area contributed by atoms with Crippen LogP contribution in [0.15, 0.2) is 18.5 Å². The number of hydrogen-bond donors (Lipinski definition) is 4. The molecule has 1 aliphatic rings. The number of rotatable bonds is 13.